The van der Waals surface area contributed by atoms with Crippen LogP contribution in [0.4, 0.5) is 5.69 Å². The molecule has 2 rings (SSSR count). The first-order valence-corrected chi connectivity index (χ1v) is 9.05. The largest absolute Gasteiger partial charge is 0.459 e. The second-order valence-electron chi connectivity index (χ2n) is 5.38. The maximum absolute atomic E-state index is 12.1. The minimum absolute atomic E-state index is 0.212. The zero-order valence-corrected chi connectivity index (χ0v) is 13.3. The molecule has 1 aromatic carbocycles. The summed E-state index contributed by atoms with van der Waals surface area (Å²) in [6.07, 6.45) is 3.16. The third-order valence-electron chi connectivity index (χ3n) is 3.69. The number of nitrogen functional groups attached to an aromatic ring is 1. The number of esters is 1. The summed E-state index contributed by atoms with van der Waals surface area (Å²) in [4.78, 5) is 12.1. The molecule has 1 aliphatic rings. The van der Waals surface area contributed by atoms with Crippen LogP contribution in [0.25, 0.3) is 0 Å². The predicted octanol–water partition coefficient (Wildman–Crippen LogP) is 2.43. The average Bonchev–Trinajstić information content (AvgIpc) is 2.41. The van der Waals surface area contributed by atoms with Gasteiger partial charge in [0.25, 0.3) is 0 Å². The van der Waals surface area contributed by atoms with Gasteiger partial charge in [0.05, 0.1) is 10.8 Å². The quantitative estimate of drug-likeness (QED) is 0.679. The standard InChI is InChI=1S/C14H18ClNO4S/c1-21(18,19)11-4-2-3-10(8-11)20-14(17)12-7-9(15)5-6-13(12)16/h5-7,10-11H,2-4,8,16H2,1H3. The Morgan fingerprint density at radius 3 is 2.76 bits per heavy atom. The second-order valence-corrected chi connectivity index (χ2v) is 8.14. The van der Waals surface area contributed by atoms with Gasteiger partial charge in [-0.1, -0.05) is 11.6 Å². The van der Waals surface area contributed by atoms with Gasteiger partial charge in [-0.15, -0.1) is 0 Å². The Morgan fingerprint density at radius 1 is 1.38 bits per heavy atom. The molecule has 21 heavy (non-hydrogen) atoms. The first kappa shape index (κ1) is 16.1. The smallest absolute Gasteiger partial charge is 0.340 e. The van der Waals surface area contributed by atoms with Crippen LogP contribution in [0.15, 0.2) is 18.2 Å². The topological polar surface area (TPSA) is 86.5 Å². The lowest BCUT2D eigenvalue weighted by Crippen LogP contribution is -2.33. The molecular weight excluding hydrogens is 314 g/mol. The van der Waals surface area contributed by atoms with Crippen molar-refractivity contribution in [3.63, 3.8) is 0 Å². The summed E-state index contributed by atoms with van der Waals surface area (Å²) in [6, 6.07) is 4.59. The van der Waals surface area contributed by atoms with E-state index in [2.05, 4.69) is 0 Å². The summed E-state index contributed by atoms with van der Waals surface area (Å²) in [5.74, 6) is -0.561. The van der Waals surface area contributed by atoms with Crippen LogP contribution in [0.1, 0.15) is 36.0 Å². The van der Waals surface area contributed by atoms with E-state index in [1.54, 1.807) is 12.1 Å². The van der Waals surface area contributed by atoms with Crippen molar-refractivity contribution in [1.82, 2.24) is 0 Å². The summed E-state index contributed by atoms with van der Waals surface area (Å²) < 4.78 is 28.6. The highest BCUT2D eigenvalue weighted by Crippen LogP contribution is 2.27. The maximum Gasteiger partial charge on any atom is 0.340 e. The van der Waals surface area contributed by atoms with E-state index in [0.717, 1.165) is 6.42 Å². The molecule has 0 aliphatic heterocycles. The number of anilines is 1. The van der Waals surface area contributed by atoms with Crippen molar-refractivity contribution < 1.29 is 17.9 Å². The Kier molecular flexibility index (Phi) is 4.78. The summed E-state index contributed by atoms with van der Waals surface area (Å²) in [5, 5.41) is -0.0467. The number of hydrogen-bond donors (Lipinski definition) is 1. The fourth-order valence-corrected chi connectivity index (χ4v) is 3.85. The molecule has 116 valence electrons. The van der Waals surface area contributed by atoms with Crippen LogP contribution in [-0.2, 0) is 14.6 Å². The second kappa shape index (κ2) is 6.23. The lowest BCUT2D eigenvalue weighted by molar-refractivity contribution is 0.0216. The van der Waals surface area contributed by atoms with E-state index >= 15 is 0 Å². The zero-order valence-electron chi connectivity index (χ0n) is 11.7. The van der Waals surface area contributed by atoms with Crippen LogP contribution in [-0.4, -0.2) is 32.0 Å². The van der Waals surface area contributed by atoms with E-state index in [1.165, 1.54) is 12.3 Å². The number of nitrogens with two attached hydrogens (primary N) is 1. The molecule has 2 N–H and O–H groups in total. The fourth-order valence-electron chi connectivity index (χ4n) is 2.52. The molecule has 0 amide bonds. The molecule has 0 bridgehead atoms. The van der Waals surface area contributed by atoms with E-state index in [0.29, 0.717) is 30.0 Å². The maximum atomic E-state index is 12.1. The molecule has 2 atom stereocenters. The van der Waals surface area contributed by atoms with Crippen LogP contribution in [0.5, 0.6) is 0 Å². The molecule has 1 saturated carbocycles. The molecule has 5 nitrogen and oxygen atoms in total. The van der Waals surface area contributed by atoms with Crippen LogP contribution in [0, 0.1) is 0 Å². The van der Waals surface area contributed by atoms with Gasteiger partial charge in [-0.25, -0.2) is 13.2 Å². The summed E-state index contributed by atoms with van der Waals surface area (Å²) in [6.45, 7) is 0. The third kappa shape index (κ3) is 4.11. The van der Waals surface area contributed by atoms with Gasteiger partial charge < -0.3 is 10.5 Å². The van der Waals surface area contributed by atoms with Gasteiger partial charge in [-0.3, -0.25) is 0 Å². The lowest BCUT2D eigenvalue weighted by atomic mass is 9.97. The molecule has 1 aromatic rings. The monoisotopic (exact) mass is 331 g/mol. The number of sulfone groups is 1. The molecule has 0 spiro atoms. The SMILES string of the molecule is CS(=O)(=O)C1CCCC(OC(=O)c2cc(Cl)ccc2N)C1. The average molecular weight is 332 g/mol. The van der Waals surface area contributed by atoms with Gasteiger partial charge in [0.2, 0.25) is 0 Å². The minimum atomic E-state index is -3.11. The Hall–Kier alpha value is -1.27. The number of halogens is 1. The number of hydrogen-bond acceptors (Lipinski definition) is 5. The molecule has 7 heteroatoms. The van der Waals surface area contributed by atoms with Gasteiger partial charge in [0, 0.05) is 23.4 Å². The molecule has 0 radical (unpaired) electrons. The molecular formula is C14H18ClNO4S. The third-order valence-corrected chi connectivity index (χ3v) is 5.57. The molecule has 0 heterocycles. The van der Waals surface area contributed by atoms with E-state index in [4.69, 9.17) is 22.1 Å². The van der Waals surface area contributed by atoms with Crippen molar-refractivity contribution in [3.05, 3.63) is 28.8 Å². The number of rotatable bonds is 3. The van der Waals surface area contributed by atoms with Crippen molar-refractivity contribution in [2.75, 3.05) is 12.0 Å². The molecule has 0 saturated heterocycles. The summed E-state index contributed by atoms with van der Waals surface area (Å²) in [5.41, 5.74) is 6.24. The van der Waals surface area contributed by atoms with Crippen molar-refractivity contribution in [1.29, 1.82) is 0 Å². The molecule has 2 unspecified atom stereocenters. The van der Waals surface area contributed by atoms with Crippen LogP contribution >= 0.6 is 11.6 Å². The van der Waals surface area contributed by atoms with Gasteiger partial charge in [-0.2, -0.15) is 0 Å². The Morgan fingerprint density at radius 2 is 2.10 bits per heavy atom. The molecule has 1 fully saturated rings. The number of benzene rings is 1. The predicted molar refractivity (Wildman–Crippen MR) is 82.2 cm³/mol. The summed E-state index contributed by atoms with van der Waals surface area (Å²) >= 11 is 5.84. The van der Waals surface area contributed by atoms with Gasteiger partial charge >= 0.3 is 5.97 Å². The van der Waals surface area contributed by atoms with Gasteiger partial charge in [0.1, 0.15) is 15.9 Å². The highest BCUT2D eigenvalue weighted by molar-refractivity contribution is 7.91. The molecule has 0 aromatic heterocycles. The van der Waals surface area contributed by atoms with Crippen LogP contribution in [0.3, 0.4) is 0 Å². The van der Waals surface area contributed by atoms with Gasteiger partial charge in [-0.05, 0) is 37.5 Å². The number of carbonyl (C=O) groups excluding carboxylic acids is 1. The van der Waals surface area contributed by atoms with E-state index in [-0.39, 0.29) is 5.56 Å². The number of ether oxygens (including phenoxy) is 1. The first-order chi connectivity index (χ1) is 9.77. The lowest BCUT2D eigenvalue weighted by Gasteiger charge is -2.27. The zero-order chi connectivity index (χ0) is 15.6. The Bertz CT molecular complexity index is 644. The van der Waals surface area contributed by atoms with E-state index in [1.807, 2.05) is 0 Å². The first-order valence-electron chi connectivity index (χ1n) is 6.72. The number of carbonyl (C=O) groups is 1. The van der Waals surface area contributed by atoms with Gasteiger partial charge in [0.15, 0.2) is 0 Å². The van der Waals surface area contributed by atoms with Crippen molar-refractivity contribution in [2.45, 2.75) is 37.0 Å². The Labute approximate surface area is 129 Å². The summed E-state index contributed by atoms with van der Waals surface area (Å²) in [7, 11) is -3.11. The Balaban J connectivity index is 2.07. The fraction of sp³-hybridized carbons (Fsp3) is 0.500. The van der Waals surface area contributed by atoms with E-state index < -0.39 is 27.2 Å². The van der Waals surface area contributed by atoms with Crippen molar-refractivity contribution in [3.8, 4) is 0 Å². The normalized spacial score (nSPS) is 22.8. The van der Waals surface area contributed by atoms with Crippen LogP contribution < -0.4 is 5.73 Å². The minimum Gasteiger partial charge on any atom is -0.459 e. The van der Waals surface area contributed by atoms with Crippen LogP contribution in [0.2, 0.25) is 5.02 Å². The van der Waals surface area contributed by atoms with Crippen molar-refractivity contribution >= 4 is 33.1 Å². The highest BCUT2D eigenvalue weighted by Gasteiger charge is 2.31. The van der Waals surface area contributed by atoms with Crippen molar-refractivity contribution in [2.24, 2.45) is 0 Å². The highest BCUT2D eigenvalue weighted by atomic mass is 35.5. The van der Waals surface area contributed by atoms with E-state index in [9.17, 15) is 13.2 Å². The molecule has 1 aliphatic carbocycles.